The Morgan fingerprint density at radius 2 is 1.79 bits per heavy atom. The quantitative estimate of drug-likeness (QED) is 0.715. The van der Waals surface area contributed by atoms with E-state index in [2.05, 4.69) is 15.3 Å². The number of halogens is 1. The average molecular weight is 288 g/mol. The van der Waals surface area contributed by atoms with Gasteiger partial charge in [-0.25, -0.2) is 9.97 Å². The van der Waals surface area contributed by atoms with Crippen molar-refractivity contribution in [2.24, 2.45) is 0 Å². The number of benzene rings is 1. The van der Waals surface area contributed by atoms with Crippen molar-refractivity contribution in [1.29, 1.82) is 0 Å². The highest BCUT2D eigenvalue weighted by Gasteiger charge is 2.05. The van der Waals surface area contributed by atoms with Gasteiger partial charge in [-0.05, 0) is 12.1 Å². The van der Waals surface area contributed by atoms with Gasteiger partial charge < -0.3 is 5.32 Å². The normalized spacial score (nSPS) is 10.4. The lowest BCUT2D eigenvalue weighted by Crippen LogP contribution is -1.92. The zero-order valence-electron chi connectivity index (χ0n) is 9.88. The van der Waals surface area contributed by atoms with Gasteiger partial charge in [-0.3, -0.25) is 0 Å². The molecule has 0 fully saturated rings. The van der Waals surface area contributed by atoms with Gasteiger partial charge in [0, 0.05) is 10.9 Å². The summed E-state index contributed by atoms with van der Waals surface area (Å²) in [5.41, 5.74) is 2.06. The van der Waals surface area contributed by atoms with Crippen LogP contribution in [0.5, 0.6) is 0 Å². The molecule has 0 saturated carbocycles. The highest BCUT2D eigenvalue weighted by atomic mass is 35.5. The topological polar surface area (TPSA) is 37.8 Å². The molecule has 3 aromatic rings. The molecule has 2 heterocycles. The lowest BCUT2D eigenvalue weighted by Gasteiger charge is -2.01. The van der Waals surface area contributed by atoms with Crippen LogP contribution in [-0.2, 0) is 0 Å². The van der Waals surface area contributed by atoms with Gasteiger partial charge in [-0.2, -0.15) is 0 Å². The Morgan fingerprint density at radius 3 is 2.58 bits per heavy atom. The number of nitrogens with zero attached hydrogens (tertiary/aromatic N) is 2. The third-order valence-electron chi connectivity index (χ3n) is 2.52. The lowest BCUT2D eigenvalue weighted by molar-refractivity contribution is 1.29. The molecular formula is C14H10ClN3S. The third-order valence-corrected chi connectivity index (χ3v) is 3.49. The van der Waals surface area contributed by atoms with Crippen LogP contribution < -0.4 is 5.32 Å². The van der Waals surface area contributed by atoms with E-state index in [0.29, 0.717) is 11.0 Å². The van der Waals surface area contributed by atoms with Crippen molar-refractivity contribution >= 4 is 33.9 Å². The summed E-state index contributed by atoms with van der Waals surface area (Å²) < 4.78 is 0. The maximum Gasteiger partial charge on any atom is 0.188 e. The van der Waals surface area contributed by atoms with Crippen molar-refractivity contribution in [3.8, 4) is 11.3 Å². The summed E-state index contributed by atoms with van der Waals surface area (Å²) in [5.74, 6) is 0.696. The van der Waals surface area contributed by atoms with Crippen LogP contribution in [0.1, 0.15) is 0 Å². The Bertz CT molecular complexity index is 682. The van der Waals surface area contributed by atoms with Gasteiger partial charge in [0.1, 0.15) is 11.0 Å². The molecule has 94 valence electrons. The Morgan fingerprint density at radius 1 is 0.947 bits per heavy atom. The van der Waals surface area contributed by atoms with Crippen LogP contribution in [0.3, 0.4) is 0 Å². The number of pyridine rings is 1. The van der Waals surface area contributed by atoms with E-state index in [1.165, 1.54) is 11.3 Å². The van der Waals surface area contributed by atoms with Crippen molar-refractivity contribution in [2.75, 3.05) is 5.32 Å². The molecule has 1 aromatic carbocycles. The predicted octanol–water partition coefficient (Wildman–Crippen LogP) is 4.60. The number of thiazole rings is 1. The van der Waals surface area contributed by atoms with Crippen LogP contribution in [0.25, 0.3) is 11.3 Å². The highest BCUT2D eigenvalue weighted by Crippen LogP contribution is 2.26. The van der Waals surface area contributed by atoms with Gasteiger partial charge in [0.15, 0.2) is 5.13 Å². The van der Waals surface area contributed by atoms with Crippen molar-refractivity contribution in [3.05, 3.63) is 59.1 Å². The van der Waals surface area contributed by atoms with Crippen LogP contribution in [-0.4, -0.2) is 9.97 Å². The van der Waals surface area contributed by atoms with Crippen LogP contribution in [0.15, 0.2) is 53.9 Å². The molecule has 0 unspecified atom stereocenters. The molecule has 0 amide bonds. The van der Waals surface area contributed by atoms with E-state index >= 15 is 0 Å². The molecule has 1 N–H and O–H groups in total. The van der Waals surface area contributed by atoms with Crippen molar-refractivity contribution in [2.45, 2.75) is 0 Å². The Hall–Kier alpha value is -1.91. The minimum atomic E-state index is 0.463. The third kappa shape index (κ3) is 2.92. The van der Waals surface area contributed by atoms with E-state index < -0.39 is 0 Å². The molecule has 0 aliphatic carbocycles. The number of rotatable bonds is 3. The Kier molecular flexibility index (Phi) is 3.44. The molecular weight excluding hydrogens is 278 g/mol. The van der Waals surface area contributed by atoms with Crippen molar-refractivity contribution in [1.82, 2.24) is 9.97 Å². The second kappa shape index (κ2) is 5.38. The zero-order valence-corrected chi connectivity index (χ0v) is 11.4. The van der Waals surface area contributed by atoms with Crippen LogP contribution in [0.2, 0.25) is 5.15 Å². The lowest BCUT2D eigenvalue weighted by atomic mass is 10.2. The SMILES string of the molecule is Clc1cccc(Nc2nc(-c3ccccc3)cs2)n1. The van der Waals surface area contributed by atoms with E-state index in [0.717, 1.165) is 16.4 Å². The molecule has 19 heavy (non-hydrogen) atoms. The average Bonchev–Trinajstić information content (AvgIpc) is 2.88. The standard InChI is InChI=1S/C14H10ClN3S/c15-12-7-4-8-13(17-12)18-14-16-11(9-19-14)10-5-2-1-3-6-10/h1-9H,(H,16,17,18). The first kappa shape index (κ1) is 12.1. The summed E-state index contributed by atoms with van der Waals surface area (Å²) in [4.78, 5) is 8.70. The summed E-state index contributed by atoms with van der Waals surface area (Å²) in [6.45, 7) is 0. The molecule has 0 atom stereocenters. The summed E-state index contributed by atoms with van der Waals surface area (Å²) in [7, 11) is 0. The maximum atomic E-state index is 5.84. The number of anilines is 2. The number of aromatic nitrogens is 2. The van der Waals surface area contributed by atoms with E-state index in [1.54, 1.807) is 6.07 Å². The summed E-state index contributed by atoms with van der Waals surface area (Å²) >= 11 is 7.38. The Balaban J connectivity index is 1.82. The fraction of sp³-hybridized carbons (Fsp3) is 0. The zero-order chi connectivity index (χ0) is 13.1. The monoisotopic (exact) mass is 287 g/mol. The van der Waals surface area contributed by atoms with E-state index in [9.17, 15) is 0 Å². The minimum Gasteiger partial charge on any atom is -0.316 e. The first-order valence-electron chi connectivity index (χ1n) is 5.72. The maximum absolute atomic E-state index is 5.84. The molecule has 0 bridgehead atoms. The number of nitrogens with one attached hydrogen (secondary N) is 1. The molecule has 0 aliphatic heterocycles. The fourth-order valence-corrected chi connectivity index (χ4v) is 2.55. The van der Waals surface area contributed by atoms with Gasteiger partial charge >= 0.3 is 0 Å². The predicted molar refractivity (Wildman–Crippen MR) is 80.1 cm³/mol. The van der Waals surface area contributed by atoms with E-state index in [-0.39, 0.29) is 0 Å². The highest BCUT2D eigenvalue weighted by molar-refractivity contribution is 7.14. The minimum absolute atomic E-state index is 0.463. The summed E-state index contributed by atoms with van der Waals surface area (Å²) in [5, 5.41) is 6.43. The molecule has 0 saturated heterocycles. The van der Waals surface area contributed by atoms with Crippen LogP contribution >= 0.6 is 22.9 Å². The van der Waals surface area contributed by atoms with Crippen LogP contribution in [0, 0.1) is 0 Å². The molecule has 2 aromatic heterocycles. The Labute approximate surface area is 119 Å². The molecule has 0 radical (unpaired) electrons. The number of hydrogen-bond acceptors (Lipinski definition) is 4. The van der Waals surface area contributed by atoms with Crippen LogP contribution in [0.4, 0.5) is 10.9 Å². The van der Waals surface area contributed by atoms with Crippen molar-refractivity contribution in [3.63, 3.8) is 0 Å². The molecule has 0 aliphatic rings. The van der Waals surface area contributed by atoms with Gasteiger partial charge in [0.2, 0.25) is 0 Å². The van der Waals surface area contributed by atoms with E-state index in [4.69, 9.17) is 11.6 Å². The van der Waals surface area contributed by atoms with Crippen molar-refractivity contribution < 1.29 is 0 Å². The molecule has 0 spiro atoms. The smallest absolute Gasteiger partial charge is 0.188 e. The van der Waals surface area contributed by atoms with Gasteiger partial charge in [0.05, 0.1) is 5.69 Å². The molecule has 3 nitrogen and oxygen atoms in total. The first-order valence-corrected chi connectivity index (χ1v) is 6.97. The summed E-state index contributed by atoms with van der Waals surface area (Å²) in [6.07, 6.45) is 0. The molecule has 5 heteroatoms. The van der Waals surface area contributed by atoms with E-state index in [1.807, 2.05) is 47.8 Å². The number of hydrogen-bond donors (Lipinski definition) is 1. The summed E-state index contributed by atoms with van der Waals surface area (Å²) in [6, 6.07) is 15.5. The fourth-order valence-electron chi connectivity index (χ4n) is 1.66. The van der Waals surface area contributed by atoms with Gasteiger partial charge in [0.25, 0.3) is 0 Å². The van der Waals surface area contributed by atoms with Gasteiger partial charge in [-0.15, -0.1) is 11.3 Å². The van der Waals surface area contributed by atoms with Gasteiger partial charge in [-0.1, -0.05) is 48.0 Å². The largest absolute Gasteiger partial charge is 0.316 e. The second-order valence-electron chi connectivity index (χ2n) is 3.87. The first-order chi connectivity index (χ1) is 9.31. The molecule has 3 rings (SSSR count). The second-order valence-corrected chi connectivity index (χ2v) is 5.12.